The first-order valence-electron chi connectivity index (χ1n) is 9.35. The molecule has 5 nitrogen and oxygen atoms in total. The average molecular weight is 475 g/mol. The van der Waals surface area contributed by atoms with E-state index in [1.54, 1.807) is 14.2 Å². The second-order valence-corrected chi connectivity index (χ2v) is 6.85. The highest BCUT2D eigenvalue weighted by atomic mass is 127. The van der Waals surface area contributed by atoms with E-state index in [1.165, 1.54) is 31.2 Å². The molecule has 0 unspecified atom stereocenters. The summed E-state index contributed by atoms with van der Waals surface area (Å²) in [6.07, 6.45) is 6.33. The van der Waals surface area contributed by atoms with Crippen LogP contribution in [0.2, 0.25) is 0 Å². The molecule has 0 heterocycles. The quantitative estimate of drug-likeness (QED) is 0.323. The number of aliphatic imine (C=N–C) groups is 1. The number of rotatable bonds is 9. The van der Waals surface area contributed by atoms with Gasteiger partial charge in [0, 0.05) is 26.8 Å². The van der Waals surface area contributed by atoms with Gasteiger partial charge in [-0.1, -0.05) is 25.0 Å². The minimum Gasteiger partial charge on any atom is -0.497 e. The second kappa shape index (κ2) is 12.4. The lowest BCUT2D eigenvalue weighted by Crippen LogP contribution is -2.43. The van der Waals surface area contributed by atoms with Gasteiger partial charge in [-0.25, -0.2) is 4.99 Å². The van der Waals surface area contributed by atoms with E-state index in [0.717, 1.165) is 37.8 Å². The molecule has 6 heteroatoms. The van der Waals surface area contributed by atoms with Crippen molar-refractivity contribution in [2.45, 2.75) is 45.6 Å². The summed E-state index contributed by atoms with van der Waals surface area (Å²) in [7, 11) is 3.47. The van der Waals surface area contributed by atoms with E-state index >= 15 is 0 Å². The molecule has 0 bridgehead atoms. The standard InChI is InChI=1S/C20H33N3O2.HI/c1-4-21-19(22-15-17-7-9-18(25-3)10-8-17)23-16-20(13-14-24-2)11-5-6-12-20;/h7-10H,4-6,11-16H2,1-3H3,(H2,21,22,23);1H. The van der Waals surface area contributed by atoms with Gasteiger partial charge in [0.25, 0.3) is 0 Å². The molecule has 2 N–H and O–H groups in total. The molecule has 2 rings (SSSR count). The Morgan fingerprint density at radius 3 is 2.38 bits per heavy atom. The van der Waals surface area contributed by atoms with E-state index in [9.17, 15) is 0 Å². The van der Waals surface area contributed by atoms with Crippen LogP contribution in [0.25, 0.3) is 0 Å². The van der Waals surface area contributed by atoms with E-state index < -0.39 is 0 Å². The summed E-state index contributed by atoms with van der Waals surface area (Å²) in [6.45, 7) is 5.41. The molecule has 0 saturated heterocycles. The zero-order chi connectivity index (χ0) is 18.0. The van der Waals surface area contributed by atoms with Crippen LogP contribution in [0.5, 0.6) is 5.75 Å². The molecule has 0 aliphatic heterocycles. The maximum Gasteiger partial charge on any atom is 0.191 e. The normalized spacial score (nSPS) is 16.0. The Morgan fingerprint density at radius 2 is 1.81 bits per heavy atom. The molecular formula is C20H34IN3O2. The van der Waals surface area contributed by atoms with Gasteiger partial charge in [-0.15, -0.1) is 24.0 Å². The van der Waals surface area contributed by atoms with Crippen LogP contribution in [0.1, 0.15) is 44.6 Å². The van der Waals surface area contributed by atoms with Crippen LogP contribution >= 0.6 is 24.0 Å². The predicted octanol–water partition coefficient (Wildman–Crippen LogP) is 3.97. The summed E-state index contributed by atoms with van der Waals surface area (Å²) in [5, 5.41) is 6.92. The van der Waals surface area contributed by atoms with E-state index in [1.807, 2.05) is 12.1 Å². The number of benzene rings is 1. The molecule has 1 fully saturated rings. The lowest BCUT2D eigenvalue weighted by Gasteiger charge is -2.30. The fraction of sp³-hybridized carbons (Fsp3) is 0.650. The lowest BCUT2D eigenvalue weighted by molar-refractivity contribution is 0.138. The third-order valence-corrected chi connectivity index (χ3v) is 5.05. The fourth-order valence-electron chi connectivity index (χ4n) is 3.47. The number of guanidine groups is 1. The van der Waals surface area contributed by atoms with Crippen LogP contribution in [0.3, 0.4) is 0 Å². The van der Waals surface area contributed by atoms with Crippen molar-refractivity contribution < 1.29 is 9.47 Å². The molecule has 1 saturated carbocycles. The van der Waals surface area contributed by atoms with Crippen LogP contribution in [-0.2, 0) is 11.3 Å². The smallest absolute Gasteiger partial charge is 0.191 e. The van der Waals surface area contributed by atoms with Crippen LogP contribution in [0.4, 0.5) is 0 Å². The molecule has 26 heavy (non-hydrogen) atoms. The molecule has 1 aliphatic rings. The summed E-state index contributed by atoms with van der Waals surface area (Å²) in [4.78, 5) is 4.73. The Kier molecular flexibility index (Phi) is 11.0. The van der Waals surface area contributed by atoms with E-state index in [-0.39, 0.29) is 24.0 Å². The number of ether oxygens (including phenoxy) is 2. The van der Waals surface area contributed by atoms with Gasteiger partial charge in [0.1, 0.15) is 5.75 Å². The Morgan fingerprint density at radius 1 is 1.12 bits per heavy atom. The van der Waals surface area contributed by atoms with Crippen molar-refractivity contribution in [2.75, 3.05) is 33.9 Å². The zero-order valence-electron chi connectivity index (χ0n) is 16.3. The van der Waals surface area contributed by atoms with Gasteiger partial charge < -0.3 is 20.1 Å². The third-order valence-electron chi connectivity index (χ3n) is 5.05. The van der Waals surface area contributed by atoms with Gasteiger partial charge in [0.05, 0.1) is 13.7 Å². The van der Waals surface area contributed by atoms with Crippen molar-refractivity contribution in [2.24, 2.45) is 10.4 Å². The van der Waals surface area contributed by atoms with Crippen molar-refractivity contribution >= 4 is 29.9 Å². The van der Waals surface area contributed by atoms with Crippen LogP contribution in [0, 0.1) is 5.41 Å². The molecule has 0 aromatic heterocycles. The summed E-state index contributed by atoms with van der Waals surface area (Å²) in [6, 6.07) is 8.07. The molecule has 0 spiro atoms. The molecule has 1 aliphatic carbocycles. The van der Waals surface area contributed by atoms with Crippen LogP contribution in [-0.4, -0.2) is 39.9 Å². The number of halogens is 1. The first-order valence-corrected chi connectivity index (χ1v) is 9.35. The lowest BCUT2D eigenvalue weighted by atomic mass is 9.83. The van der Waals surface area contributed by atoms with E-state index in [2.05, 4.69) is 29.7 Å². The highest BCUT2D eigenvalue weighted by Gasteiger charge is 2.33. The molecule has 1 aromatic rings. The molecule has 0 radical (unpaired) electrons. The number of hydrogen-bond donors (Lipinski definition) is 2. The Balaban J connectivity index is 0.00000338. The molecule has 1 aromatic carbocycles. The van der Waals surface area contributed by atoms with E-state index in [0.29, 0.717) is 12.0 Å². The van der Waals surface area contributed by atoms with Gasteiger partial charge in [-0.05, 0) is 49.3 Å². The summed E-state index contributed by atoms with van der Waals surface area (Å²) in [5.74, 6) is 1.76. The van der Waals surface area contributed by atoms with Gasteiger partial charge in [0.2, 0.25) is 0 Å². The molecule has 148 valence electrons. The van der Waals surface area contributed by atoms with Gasteiger partial charge >= 0.3 is 0 Å². The molecular weight excluding hydrogens is 441 g/mol. The Bertz CT molecular complexity index is 528. The number of nitrogens with zero attached hydrogens (tertiary/aromatic N) is 1. The molecule has 0 amide bonds. The van der Waals surface area contributed by atoms with Crippen molar-refractivity contribution in [1.29, 1.82) is 0 Å². The second-order valence-electron chi connectivity index (χ2n) is 6.85. The van der Waals surface area contributed by atoms with Crippen LogP contribution in [0.15, 0.2) is 29.3 Å². The van der Waals surface area contributed by atoms with E-state index in [4.69, 9.17) is 14.5 Å². The third kappa shape index (κ3) is 7.31. The largest absolute Gasteiger partial charge is 0.497 e. The number of methoxy groups -OCH3 is 2. The fourth-order valence-corrected chi connectivity index (χ4v) is 3.47. The predicted molar refractivity (Wildman–Crippen MR) is 119 cm³/mol. The number of hydrogen-bond acceptors (Lipinski definition) is 3. The summed E-state index contributed by atoms with van der Waals surface area (Å²) < 4.78 is 10.5. The molecule has 0 atom stereocenters. The summed E-state index contributed by atoms with van der Waals surface area (Å²) in [5.41, 5.74) is 1.53. The monoisotopic (exact) mass is 475 g/mol. The van der Waals surface area contributed by atoms with Gasteiger partial charge in [0.15, 0.2) is 5.96 Å². The van der Waals surface area contributed by atoms with Crippen LogP contribution < -0.4 is 15.4 Å². The maximum atomic E-state index is 5.32. The summed E-state index contributed by atoms with van der Waals surface area (Å²) >= 11 is 0. The van der Waals surface area contributed by atoms with Gasteiger partial charge in [-0.3, -0.25) is 0 Å². The van der Waals surface area contributed by atoms with Crippen molar-refractivity contribution in [1.82, 2.24) is 10.6 Å². The Hall–Kier alpha value is -1.02. The van der Waals surface area contributed by atoms with Crippen molar-refractivity contribution in [3.63, 3.8) is 0 Å². The van der Waals surface area contributed by atoms with Crippen molar-refractivity contribution in [3.05, 3.63) is 29.8 Å². The van der Waals surface area contributed by atoms with Gasteiger partial charge in [-0.2, -0.15) is 0 Å². The highest BCUT2D eigenvalue weighted by molar-refractivity contribution is 14.0. The Labute approximate surface area is 175 Å². The minimum absolute atomic E-state index is 0. The average Bonchev–Trinajstić information content (AvgIpc) is 3.12. The zero-order valence-corrected chi connectivity index (χ0v) is 18.7. The first kappa shape index (κ1) is 23.0. The topological polar surface area (TPSA) is 54.9 Å². The van der Waals surface area contributed by atoms with Crippen molar-refractivity contribution in [3.8, 4) is 5.75 Å². The minimum atomic E-state index is 0. The highest BCUT2D eigenvalue weighted by Crippen LogP contribution is 2.40. The maximum absolute atomic E-state index is 5.32. The number of nitrogens with one attached hydrogen (secondary N) is 2. The SMILES string of the molecule is CCNC(=NCc1ccc(OC)cc1)NCC1(CCOC)CCCC1.I. The first-order chi connectivity index (χ1) is 12.2.